The fourth-order valence-electron chi connectivity index (χ4n) is 1.89. The van der Waals surface area contributed by atoms with E-state index >= 15 is 0 Å². The monoisotopic (exact) mass is 349 g/mol. The van der Waals surface area contributed by atoms with Crippen molar-refractivity contribution in [1.82, 2.24) is 19.7 Å². The molecular weight excluding hydrogens is 338 g/mol. The van der Waals surface area contributed by atoms with Crippen LogP contribution in [0, 0.1) is 0 Å². The fourth-order valence-corrected chi connectivity index (χ4v) is 3.14. The highest BCUT2D eigenvalue weighted by Crippen LogP contribution is 2.17. The van der Waals surface area contributed by atoms with Gasteiger partial charge in [-0.1, -0.05) is 23.7 Å². The predicted molar refractivity (Wildman–Crippen MR) is 85.6 cm³/mol. The molecule has 0 saturated heterocycles. The molecule has 0 radical (unpaired) electrons. The summed E-state index contributed by atoms with van der Waals surface area (Å²) < 4.78 is 28.3. The van der Waals surface area contributed by atoms with Crippen molar-refractivity contribution in [3.63, 3.8) is 0 Å². The van der Waals surface area contributed by atoms with E-state index in [1.165, 1.54) is 23.1 Å². The summed E-state index contributed by atoms with van der Waals surface area (Å²) in [5.41, 5.74) is 0.793. The lowest BCUT2D eigenvalue weighted by Crippen LogP contribution is -2.14. The largest absolute Gasteiger partial charge is 0.264 e. The van der Waals surface area contributed by atoms with Crippen LogP contribution >= 0.6 is 11.6 Å². The molecule has 9 heteroatoms. The van der Waals surface area contributed by atoms with E-state index in [1.54, 1.807) is 18.3 Å². The average molecular weight is 350 g/mol. The number of benzene rings is 1. The van der Waals surface area contributed by atoms with Crippen LogP contribution in [-0.4, -0.2) is 28.2 Å². The van der Waals surface area contributed by atoms with Gasteiger partial charge in [-0.3, -0.25) is 4.98 Å². The third-order valence-corrected chi connectivity index (χ3v) is 4.48. The Bertz CT molecular complexity index is 912. The van der Waals surface area contributed by atoms with Crippen LogP contribution in [-0.2, 0) is 16.6 Å². The molecule has 7 nitrogen and oxygen atoms in total. The number of hydrogen-bond donors (Lipinski definition) is 1. The lowest BCUT2D eigenvalue weighted by Gasteiger charge is -2.04. The minimum Gasteiger partial charge on any atom is -0.259 e. The van der Waals surface area contributed by atoms with Gasteiger partial charge in [0.1, 0.15) is 6.33 Å². The van der Waals surface area contributed by atoms with E-state index in [0.29, 0.717) is 11.6 Å². The van der Waals surface area contributed by atoms with Gasteiger partial charge in [0.15, 0.2) is 0 Å². The maximum atomic E-state index is 12.3. The molecule has 0 saturated carbocycles. The van der Waals surface area contributed by atoms with Gasteiger partial charge in [-0.2, -0.15) is 4.98 Å². The Hall–Kier alpha value is -2.45. The first-order chi connectivity index (χ1) is 11.0. The lowest BCUT2D eigenvalue weighted by atomic mass is 10.3. The molecule has 23 heavy (non-hydrogen) atoms. The number of halogens is 1. The van der Waals surface area contributed by atoms with Gasteiger partial charge in [-0.05, 0) is 30.3 Å². The van der Waals surface area contributed by atoms with Crippen LogP contribution in [0.1, 0.15) is 5.69 Å². The molecule has 3 aromatic rings. The highest BCUT2D eigenvalue weighted by Gasteiger charge is 2.16. The normalized spacial score (nSPS) is 11.3. The summed E-state index contributed by atoms with van der Waals surface area (Å²) in [5, 5.41) is 4.42. The highest BCUT2D eigenvalue weighted by molar-refractivity contribution is 7.92. The Balaban J connectivity index is 1.76. The topological polar surface area (TPSA) is 89.8 Å². The number of nitrogens with zero attached hydrogens (tertiary/aromatic N) is 4. The van der Waals surface area contributed by atoms with Crippen molar-refractivity contribution >= 4 is 27.6 Å². The second-order valence-corrected chi connectivity index (χ2v) is 6.77. The molecule has 0 spiro atoms. The van der Waals surface area contributed by atoms with E-state index in [0.717, 1.165) is 5.69 Å². The third-order valence-electron chi connectivity index (χ3n) is 2.92. The fraction of sp³-hybridized carbons (Fsp3) is 0.0714. The molecule has 2 aromatic heterocycles. The first-order valence-corrected chi connectivity index (χ1v) is 8.47. The van der Waals surface area contributed by atoms with Crippen LogP contribution in [0.25, 0.3) is 0 Å². The summed E-state index contributed by atoms with van der Waals surface area (Å²) in [4.78, 5) is 8.17. The van der Waals surface area contributed by atoms with Crippen molar-refractivity contribution in [3.05, 3.63) is 65.7 Å². The van der Waals surface area contributed by atoms with E-state index in [2.05, 4.69) is 19.8 Å². The van der Waals surface area contributed by atoms with Gasteiger partial charge in [0.2, 0.25) is 0 Å². The van der Waals surface area contributed by atoms with Gasteiger partial charge in [0.05, 0.1) is 17.1 Å². The molecule has 0 aliphatic heterocycles. The summed E-state index contributed by atoms with van der Waals surface area (Å²) in [6.07, 6.45) is 3.11. The van der Waals surface area contributed by atoms with Gasteiger partial charge in [-0.25, -0.2) is 17.8 Å². The third kappa shape index (κ3) is 3.85. The van der Waals surface area contributed by atoms with Gasteiger partial charge < -0.3 is 0 Å². The molecule has 0 fully saturated rings. The number of pyridine rings is 1. The number of nitrogens with one attached hydrogen (secondary N) is 1. The van der Waals surface area contributed by atoms with Crippen LogP contribution in [0.3, 0.4) is 0 Å². The molecule has 0 aliphatic rings. The maximum absolute atomic E-state index is 12.3. The van der Waals surface area contributed by atoms with E-state index < -0.39 is 10.0 Å². The second-order valence-electron chi connectivity index (χ2n) is 4.65. The quantitative estimate of drug-likeness (QED) is 0.762. The standard InChI is InChI=1S/C14H12ClN5O2S/c15-11-4-3-6-13(8-11)23(21,22)19-14-17-10-20(18-14)9-12-5-1-2-7-16-12/h1-8,10H,9H2,(H,18,19). The van der Waals surface area contributed by atoms with E-state index in [-0.39, 0.29) is 10.8 Å². The molecule has 118 valence electrons. The van der Waals surface area contributed by atoms with Crippen LogP contribution in [0.15, 0.2) is 59.9 Å². The lowest BCUT2D eigenvalue weighted by molar-refractivity contribution is 0.600. The van der Waals surface area contributed by atoms with E-state index in [4.69, 9.17) is 11.6 Å². The van der Waals surface area contributed by atoms with Gasteiger partial charge in [0, 0.05) is 11.2 Å². The molecule has 0 unspecified atom stereocenters. The summed E-state index contributed by atoms with van der Waals surface area (Å²) in [7, 11) is -3.78. The molecule has 0 bridgehead atoms. The first-order valence-electron chi connectivity index (χ1n) is 6.61. The minimum atomic E-state index is -3.78. The van der Waals surface area contributed by atoms with Crippen LogP contribution in [0.2, 0.25) is 5.02 Å². The summed E-state index contributed by atoms with van der Waals surface area (Å²) in [6, 6.07) is 11.5. The van der Waals surface area contributed by atoms with Crippen molar-refractivity contribution in [3.8, 4) is 0 Å². The molecule has 1 N–H and O–H groups in total. The molecule has 3 rings (SSSR count). The summed E-state index contributed by atoms with van der Waals surface area (Å²) >= 11 is 5.81. The highest BCUT2D eigenvalue weighted by atomic mass is 35.5. The van der Waals surface area contributed by atoms with Crippen LogP contribution in [0.4, 0.5) is 5.95 Å². The number of hydrogen-bond acceptors (Lipinski definition) is 5. The van der Waals surface area contributed by atoms with Crippen molar-refractivity contribution in [2.24, 2.45) is 0 Å². The number of sulfonamides is 1. The summed E-state index contributed by atoms with van der Waals surface area (Å²) in [6.45, 7) is 0.396. The van der Waals surface area contributed by atoms with Crippen molar-refractivity contribution in [1.29, 1.82) is 0 Å². The smallest absolute Gasteiger partial charge is 0.259 e. The van der Waals surface area contributed by atoms with Crippen molar-refractivity contribution in [2.45, 2.75) is 11.4 Å². The van der Waals surface area contributed by atoms with Gasteiger partial charge >= 0.3 is 0 Å². The zero-order valence-corrected chi connectivity index (χ0v) is 13.4. The van der Waals surface area contributed by atoms with Gasteiger partial charge in [0.25, 0.3) is 16.0 Å². The van der Waals surface area contributed by atoms with Crippen molar-refractivity contribution in [2.75, 3.05) is 4.72 Å². The Morgan fingerprint density at radius 3 is 2.74 bits per heavy atom. The molecule has 0 aliphatic carbocycles. The Morgan fingerprint density at radius 2 is 2.00 bits per heavy atom. The molecule has 0 amide bonds. The second kappa shape index (κ2) is 6.35. The molecular formula is C14H12ClN5O2S. The number of aromatic nitrogens is 4. The van der Waals surface area contributed by atoms with E-state index in [1.807, 2.05) is 18.2 Å². The maximum Gasteiger partial charge on any atom is 0.264 e. The van der Waals surface area contributed by atoms with Gasteiger partial charge in [-0.15, -0.1) is 5.10 Å². The Labute approximate surface area is 138 Å². The predicted octanol–water partition coefficient (Wildman–Crippen LogP) is 2.18. The minimum absolute atomic E-state index is 0.0130. The summed E-state index contributed by atoms with van der Waals surface area (Å²) in [5.74, 6) is -0.0130. The number of rotatable bonds is 5. The zero-order valence-electron chi connectivity index (χ0n) is 11.8. The van der Waals surface area contributed by atoms with Crippen molar-refractivity contribution < 1.29 is 8.42 Å². The molecule has 1 aromatic carbocycles. The Morgan fingerprint density at radius 1 is 1.13 bits per heavy atom. The molecule has 0 atom stereocenters. The Kier molecular flexibility index (Phi) is 4.26. The zero-order chi connectivity index (χ0) is 16.3. The van der Waals surface area contributed by atoms with Crippen LogP contribution < -0.4 is 4.72 Å². The SMILES string of the molecule is O=S(=O)(Nc1ncn(Cc2ccccn2)n1)c1cccc(Cl)c1. The van der Waals surface area contributed by atoms with E-state index in [9.17, 15) is 8.42 Å². The first kappa shape index (κ1) is 15.4. The number of anilines is 1. The van der Waals surface area contributed by atoms with Crippen LogP contribution in [0.5, 0.6) is 0 Å². The molecule has 2 heterocycles. The average Bonchev–Trinajstić information content (AvgIpc) is 2.94.